The highest BCUT2D eigenvalue weighted by Gasteiger charge is 2.07. The Hall–Kier alpha value is -1.68. The van der Waals surface area contributed by atoms with E-state index >= 15 is 0 Å². The number of nitrogens with zero attached hydrogens (tertiary/aromatic N) is 1. The lowest BCUT2D eigenvalue weighted by molar-refractivity contribution is 0.412. The van der Waals surface area contributed by atoms with Gasteiger partial charge in [-0.15, -0.1) is 0 Å². The van der Waals surface area contributed by atoms with E-state index in [1.807, 2.05) is 32.3 Å². The second-order valence-electron chi connectivity index (χ2n) is 4.17. The highest BCUT2D eigenvalue weighted by atomic mass is 79.9. The van der Waals surface area contributed by atoms with Gasteiger partial charge in [0.05, 0.1) is 11.6 Å². The molecule has 2 aromatic rings. The van der Waals surface area contributed by atoms with Gasteiger partial charge in [-0.2, -0.15) is 0 Å². The number of halogens is 1. The van der Waals surface area contributed by atoms with Gasteiger partial charge in [0, 0.05) is 31.2 Å². The summed E-state index contributed by atoms with van der Waals surface area (Å²) in [6, 6.07) is 14.3. The molecular weight excluding hydrogens is 304 g/mol. The summed E-state index contributed by atoms with van der Waals surface area (Å²) >= 11 is 3.51. The lowest BCUT2D eigenvalue weighted by Gasteiger charge is -2.20. The van der Waals surface area contributed by atoms with Crippen molar-refractivity contribution in [3.05, 3.63) is 46.9 Å². The third-order valence-corrected chi connectivity index (χ3v) is 3.69. The predicted molar refractivity (Wildman–Crippen MR) is 84.7 cm³/mol. The maximum Gasteiger partial charge on any atom is 0.133 e. The van der Waals surface area contributed by atoms with Crippen LogP contribution in [0.2, 0.25) is 0 Å². The third kappa shape index (κ3) is 3.01. The van der Waals surface area contributed by atoms with Crippen LogP contribution >= 0.6 is 15.9 Å². The van der Waals surface area contributed by atoms with Crippen molar-refractivity contribution in [1.29, 1.82) is 0 Å². The molecule has 0 unspecified atom stereocenters. The summed E-state index contributed by atoms with van der Waals surface area (Å²) in [5.74, 6) is 0.836. The molecule has 0 saturated carbocycles. The first kappa shape index (κ1) is 13.7. The third-order valence-electron chi connectivity index (χ3n) is 3.07. The number of rotatable bonds is 4. The Morgan fingerprint density at radius 2 is 1.68 bits per heavy atom. The minimum Gasteiger partial charge on any atom is -0.496 e. The SMILES string of the molecule is CNc1ccc(N(C)c2ccc(OC)c(Br)c2)cc1. The van der Waals surface area contributed by atoms with Gasteiger partial charge in [0.1, 0.15) is 5.75 Å². The first-order chi connectivity index (χ1) is 9.15. The summed E-state index contributed by atoms with van der Waals surface area (Å²) in [6.07, 6.45) is 0. The van der Waals surface area contributed by atoms with Gasteiger partial charge < -0.3 is 15.0 Å². The summed E-state index contributed by atoms with van der Waals surface area (Å²) in [6.45, 7) is 0. The maximum absolute atomic E-state index is 5.24. The van der Waals surface area contributed by atoms with Crippen molar-refractivity contribution in [3.63, 3.8) is 0 Å². The van der Waals surface area contributed by atoms with Crippen LogP contribution in [-0.4, -0.2) is 21.2 Å². The topological polar surface area (TPSA) is 24.5 Å². The van der Waals surface area contributed by atoms with Crippen molar-refractivity contribution in [2.24, 2.45) is 0 Å². The molecule has 4 heteroatoms. The Morgan fingerprint density at radius 1 is 1.05 bits per heavy atom. The van der Waals surface area contributed by atoms with Crippen molar-refractivity contribution in [3.8, 4) is 5.75 Å². The molecule has 0 bridgehead atoms. The Morgan fingerprint density at radius 3 is 2.21 bits per heavy atom. The van der Waals surface area contributed by atoms with Gasteiger partial charge in [0.2, 0.25) is 0 Å². The van der Waals surface area contributed by atoms with Crippen LogP contribution in [0, 0.1) is 0 Å². The zero-order chi connectivity index (χ0) is 13.8. The van der Waals surface area contributed by atoms with E-state index in [2.05, 4.69) is 50.4 Å². The van der Waals surface area contributed by atoms with Gasteiger partial charge >= 0.3 is 0 Å². The van der Waals surface area contributed by atoms with Gasteiger partial charge in [-0.1, -0.05) is 0 Å². The minimum absolute atomic E-state index is 0.836. The minimum atomic E-state index is 0.836. The fourth-order valence-corrected chi connectivity index (χ4v) is 2.39. The molecule has 0 radical (unpaired) electrons. The highest BCUT2D eigenvalue weighted by molar-refractivity contribution is 9.10. The monoisotopic (exact) mass is 320 g/mol. The molecule has 100 valence electrons. The average molecular weight is 321 g/mol. The van der Waals surface area contributed by atoms with Crippen LogP contribution in [0.3, 0.4) is 0 Å². The number of hydrogen-bond acceptors (Lipinski definition) is 3. The van der Waals surface area contributed by atoms with Gasteiger partial charge in [0.25, 0.3) is 0 Å². The fraction of sp³-hybridized carbons (Fsp3) is 0.200. The predicted octanol–water partition coefficient (Wildman–Crippen LogP) is 4.27. The largest absolute Gasteiger partial charge is 0.496 e. The highest BCUT2D eigenvalue weighted by Crippen LogP contribution is 2.32. The number of hydrogen-bond donors (Lipinski definition) is 1. The molecule has 0 saturated heterocycles. The number of anilines is 3. The lowest BCUT2D eigenvalue weighted by Crippen LogP contribution is -2.09. The summed E-state index contributed by atoms with van der Waals surface area (Å²) in [7, 11) is 5.63. The Bertz CT molecular complexity index is 555. The number of nitrogens with one attached hydrogen (secondary N) is 1. The number of ether oxygens (including phenoxy) is 1. The van der Waals surface area contributed by atoms with Crippen LogP contribution in [0.1, 0.15) is 0 Å². The first-order valence-electron chi connectivity index (χ1n) is 6.01. The summed E-state index contributed by atoms with van der Waals surface area (Å²) in [4.78, 5) is 2.13. The molecule has 0 spiro atoms. The van der Waals surface area contributed by atoms with E-state index in [1.54, 1.807) is 7.11 Å². The van der Waals surface area contributed by atoms with Gasteiger partial charge in [-0.05, 0) is 58.4 Å². The second-order valence-corrected chi connectivity index (χ2v) is 5.03. The van der Waals surface area contributed by atoms with Gasteiger partial charge in [0.15, 0.2) is 0 Å². The molecule has 0 aromatic heterocycles. The zero-order valence-electron chi connectivity index (χ0n) is 11.3. The molecular formula is C15H17BrN2O. The lowest BCUT2D eigenvalue weighted by atomic mass is 10.2. The van der Waals surface area contributed by atoms with Crippen LogP contribution in [-0.2, 0) is 0 Å². The van der Waals surface area contributed by atoms with E-state index in [9.17, 15) is 0 Å². The van der Waals surface area contributed by atoms with E-state index in [1.165, 1.54) is 0 Å². The molecule has 2 rings (SSSR count). The normalized spacial score (nSPS) is 10.1. The first-order valence-corrected chi connectivity index (χ1v) is 6.80. The summed E-state index contributed by atoms with van der Waals surface area (Å²) in [5, 5.41) is 3.11. The molecule has 0 aliphatic heterocycles. The average Bonchev–Trinajstić information content (AvgIpc) is 2.46. The van der Waals surface area contributed by atoms with Crippen LogP contribution in [0.4, 0.5) is 17.1 Å². The quantitative estimate of drug-likeness (QED) is 0.910. The molecule has 0 atom stereocenters. The Kier molecular flexibility index (Phi) is 4.32. The summed E-state index contributed by atoms with van der Waals surface area (Å²) in [5.41, 5.74) is 3.34. The van der Waals surface area contributed by atoms with Crippen LogP contribution in [0.5, 0.6) is 5.75 Å². The zero-order valence-corrected chi connectivity index (χ0v) is 12.9. The molecule has 0 heterocycles. The Balaban J connectivity index is 2.27. The van der Waals surface area contributed by atoms with E-state index in [4.69, 9.17) is 4.74 Å². The van der Waals surface area contributed by atoms with Crippen LogP contribution < -0.4 is 15.0 Å². The molecule has 19 heavy (non-hydrogen) atoms. The van der Waals surface area contributed by atoms with E-state index < -0.39 is 0 Å². The number of methoxy groups -OCH3 is 1. The Labute approximate surface area is 122 Å². The fourth-order valence-electron chi connectivity index (χ4n) is 1.86. The van der Waals surface area contributed by atoms with Crippen molar-refractivity contribution >= 4 is 33.0 Å². The van der Waals surface area contributed by atoms with Gasteiger partial charge in [-0.3, -0.25) is 0 Å². The summed E-state index contributed by atoms with van der Waals surface area (Å²) < 4.78 is 6.19. The standard InChI is InChI=1S/C15H17BrN2O/c1-17-11-4-6-12(7-5-11)18(2)13-8-9-15(19-3)14(16)10-13/h4-10,17H,1-3H3. The molecule has 0 amide bonds. The maximum atomic E-state index is 5.24. The molecule has 0 fully saturated rings. The van der Waals surface area contributed by atoms with E-state index in [0.29, 0.717) is 0 Å². The van der Waals surface area contributed by atoms with E-state index in [-0.39, 0.29) is 0 Å². The van der Waals surface area contributed by atoms with Crippen molar-refractivity contribution < 1.29 is 4.74 Å². The van der Waals surface area contributed by atoms with Crippen molar-refractivity contribution in [2.75, 3.05) is 31.4 Å². The molecule has 0 aliphatic rings. The van der Waals surface area contributed by atoms with E-state index in [0.717, 1.165) is 27.3 Å². The smallest absolute Gasteiger partial charge is 0.133 e. The van der Waals surface area contributed by atoms with Crippen molar-refractivity contribution in [1.82, 2.24) is 0 Å². The molecule has 0 aliphatic carbocycles. The molecule has 1 N–H and O–H groups in total. The number of benzene rings is 2. The molecule has 2 aromatic carbocycles. The van der Waals surface area contributed by atoms with Crippen LogP contribution in [0.15, 0.2) is 46.9 Å². The molecule has 3 nitrogen and oxygen atoms in total. The van der Waals surface area contributed by atoms with Gasteiger partial charge in [-0.25, -0.2) is 0 Å². The van der Waals surface area contributed by atoms with Crippen LogP contribution in [0.25, 0.3) is 0 Å². The second kappa shape index (κ2) is 5.97. The van der Waals surface area contributed by atoms with Crippen molar-refractivity contribution in [2.45, 2.75) is 0 Å².